The first-order chi connectivity index (χ1) is 9.52. The van der Waals surface area contributed by atoms with Gasteiger partial charge in [0, 0.05) is 26.9 Å². The van der Waals surface area contributed by atoms with E-state index in [1.807, 2.05) is 12.1 Å². The van der Waals surface area contributed by atoms with E-state index in [2.05, 4.69) is 62.0 Å². The molecule has 1 heterocycles. The highest BCUT2D eigenvalue weighted by atomic mass is 79.9. The molecular formula is C14H15Br2ClN2S. The Morgan fingerprint density at radius 1 is 1.30 bits per heavy atom. The van der Waals surface area contributed by atoms with Crippen LogP contribution in [0.2, 0.25) is 4.34 Å². The lowest BCUT2D eigenvalue weighted by atomic mass is 10.1. The second-order valence-electron chi connectivity index (χ2n) is 4.53. The summed E-state index contributed by atoms with van der Waals surface area (Å²) < 4.78 is 2.83. The second-order valence-corrected chi connectivity index (χ2v) is 7.92. The van der Waals surface area contributed by atoms with Crippen molar-refractivity contribution in [3.05, 3.63) is 54.1 Å². The third-order valence-electron chi connectivity index (χ3n) is 3.13. The molecule has 0 fully saturated rings. The molecule has 6 heteroatoms. The van der Waals surface area contributed by atoms with Crippen molar-refractivity contribution in [3.63, 3.8) is 0 Å². The summed E-state index contributed by atoms with van der Waals surface area (Å²) >= 11 is 14.7. The van der Waals surface area contributed by atoms with Gasteiger partial charge < -0.3 is 5.73 Å². The van der Waals surface area contributed by atoms with E-state index in [1.165, 1.54) is 10.4 Å². The molecule has 2 rings (SSSR count). The third kappa shape index (κ3) is 3.84. The van der Waals surface area contributed by atoms with Crippen molar-refractivity contribution in [1.82, 2.24) is 4.90 Å². The van der Waals surface area contributed by atoms with Crippen LogP contribution in [0.4, 0.5) is 0 Å². The first-order valence-electron chi connectivity index (χ1n) is 6.11. The average molecular weight is 439 g/mol. The van der Waals surface area contributed by atoms with Gasteiger partial charge in [-0.15, -0.1) is 11.3 Å². The van der Waals surface area contributed by atoms with Gasteiger partial charge in [0.1, 0.15) is 4.34 Å². The van der Waals surface area contributed by atoms with E-state index in [0.717, 1.165) is 19.8 Å². The van der Waals surface area contributed by atoms with Crippen molar-refractivity contribution in [1.29, 1.82) is 0 Å². The van der Waals surface area contributed by atoms with Gasteiger partial charge in [-0.25, -0.2) is 0 Å². The van der Waals surface area contributed by atoms with Crippen LogP contribution < -0.4 is 5.73 Å². The van der Waals surface area contributed by atoms with Crippen LogP contribution in [0.3, 0.4) is 0 Å². The van der Waals surface area contributed by atoms with E-state index in [0.29, 0.717) is 6.54 Å². The van der Waals surface area contributed by atoms with Gasteiger partial charge in [0.15, 0.2) is 0 Å². The van der Waals surface area contributed by atoms with Crippen LogP contribution in [-0.2, 0) is 6.54 Å². The molecule has 1 atom stereocenters. The molecule has 0 saturated heterocycles. The average Bonchev–Trinajstić information content (AvgIpc) is 2.73. The van der Waals surface area contributed by atoms with E-state index in [1.54, 1.807) is 11.3 Å². The largest absolute Gasteiger partial charge is 0.329 e. The zero-order valence-electron chi connectivity index (χ0n) is 10.9. The highest BCUT2D eigenvalue weighted by Crippen LogP contribution is 2.37. The molecule has 108 valence electrons. The number of hydrogen-bond acceptors (Lipinski definition) is 3. The first kappa shape index (κ1) is 16.5. The van der Waals surface area contributed by atoms with E-state index >= 15 is 0 Å². The standard InChI is InChI=1S/C14H15Br2ClN2S/c1-19(8-9-4-2-3-5-10(9)15)12(7-18)13-6-11(16)14(17)20-13/h2-6,12H,7-8,18H2,1H3. The molecule has 2 aromatic rings. The maximum absolute atomic E-state index is 6.13. The molecule has 0 spiro atoms. The Hall–Kier alpha value is 0.0900. The minimum absolute atomic E-state index is 0.163. The summed E-state index contributed by atoms with van der Waals surface area (Å²) in [5.74, 6) is 0. The Morgan fingerprint density at radius 3 is 2.55 bits per heavy atom. The summed E-state index contributed by atoms with van der Waals surface area (Å²) in [5.41, 5.74) is 7.20. The SMILES string of the molecule is CN(Cc1ccccc1Br)C(CN)c1cc(Br)c(Cl)s1. The van der Waals surface area contributed by atoms with Gasteiger partial charge in [0.2, 0.25) is 0 Å². The number of halogens is 3. The van der Waals surface area contributed by atoms with E-state index in [-0.39, 0.29) is 6.04 Å². The van der Waals surface area contributed by atoms with Gasteiger partial charge in [-0.05, 0) is 40.7 Å². The van der Waals surface area contributed by atoms with Crippen molar-refractivity contribution in [2.75, 3.05) is 13.6 Å². The zero-order chi connectivity index (χ0) is 14.7. The van der Waals surface area contributed by atoms with Crippen LogP contribution in [0, 0.1) is 0 Å². The maximum atomic E-state index is 6.13. The highest BCUT2D eigenvalue weighted by molar-refractivity contribution is 9.10. The Balaban J connectivity index is 2.17. The molecule has 1 aromatic carbocycles. The maximum Gasteiger partial charge on any atom is 0.107 e. The molecule has 0 aliphatic rings. The molecule has 0 radical (unpaired) electrons. The molecular weight excluding hydrogens is 423 g/mol. The van der Waals surface area contributed by atoms with Crippen LogP contribution in [0.1, 0.15) is 16.5 Å². The van der Waals surface area contributed by atoms with Gasteiger partial charge in [-0.2, -0.15) is 0 Å². The van der Waals surface area contributed by atoms with E-state index in [9.17, 15) is 0 Å². The van der Waals surface area contributed by atoms with E-state index < -0.39 is 0 Å². The Bertz CT molecular complexity index is 569. The highest BCUT2D eigenvalue weighted by Gasteiger charge is 2.19. The Morgan fingerprint density at radius 2 is 2.00 bits per heavy atom. The molecule has 0 aliphatic heterocycles. The summed E-state index contributed by atoms with van der Waals surface area (Å²) in [5, 5.41) is 0. The monoisotopic (exact) mass is 436 g/mol. The number of rotatable bonds is 5. The van der Waals surface area contributed by atoms with Gasteiger partial charge in [-0.1, -0.05) is 45.7 Å². The molecule has 0 aliphatic carbocycles. The van der Waals surface area contributed by atoms with Gasteiger partial charge >= 0.3 is 0 Å². The molecule has 1 unspecified atom stereocenters. The van der Waals surface area contributed by atoms with Crippen molar-refractivity contribution >= 4 is 54.8 Å². The summed E-state index contributed by atoms with van der Waals surface area (Å²) in [6, 6.07) is 10.5. The lowest BCUT2D eigenvalue weighted by Gasteiger charge is -2.26. The van der Waals surface area contributed by atoms with Gasteiger partial charge in [0.25, 0.3) is 0 Å². The number of nitrogens with zero attached hydrogens (tertiary/aromatic N) is 1. The predicted molar refractivity (Wildman–Crippen MR) is 94.4 cm³/mol. The summed E-state index contributed by atoms with van der Waals surface area (Å²) in [6.07, 6.45) is 0. The molecule has 2 nitrogen and oxygen atoms in total. The molecule has 20 heavy (non-hydrogen) atoms. The van der Waals surface area contributed by atoms with Crippen LogP contribution in [-0.4, -0.2) is 18.5 Å². The quantitative estimate of drug-likeness (QED) is 0.707. The minimum atomic E-state index is 0.163. The fourth-order valence-electron chi connectivity index (χ4n) is 2.05. The minimum Gasteiger partial charge on any atom is -0.329 e. The number of benzene rings is 1. The second kappa shape index (κ2) is 7.38. The lowest BCUT2D eigenvalue weighted by molar-refractivity contribution is 0.244. The van der Waals surface area contributed by atoms with Crippen molar-refractivity contribution in [3.8, 4) is 0 Å². The normalized spacial score (nSPS) is 12.9. The fourth-order valence-corrected chi connectivity index (χ4v) is 4.37. The number of thiophene rings is 1. The molecule has 0 bridgehead atoms. The topological polar surface area (TPSA) is 29.3 Å². The van der Waals surface area contributed by atoms with Gasteiger partial charge in [0.05, 0.1) is 6.04 Å². The molecule has 0 saturated carbocycles. The van der Waals surface area contributed by atoms with Crippen molar-refractivity contribution < 1.29 is 0 Å². The van der Waals surface area contributed by atoms with Crippen LogP contribution >= 0.6 is 54.8 Å². The summed E-state index contributed by atoms with van der Waals surface area (Å²) in [6.45, 7) is 1.39. The molecule has 0 amide bonds. The lowest BCUT2D eigenvalue weighted by Crippen LogP contribution is -2.29. The predicted octanol–water partition coefficient (Wildman–Crippen LogP) is 5.06. The van der Waals surface area contributed by atoms with Crippen molar-refractivity contribution in [2.45, 2.75) is 12.6 Å². The number of likely N-dealkylation sites (N-methyl/N-ethyl adjacent to an activating group) is 1. The number of hydrogen-bond donors (Lipinski definition) is 1. The summed E-state index contributed by atoms with van der Waals surface area (Å²) in [4.78, 5) is 3.42. The molecule has 2 N–H and O–H groups in total. The fraction of sp³-hybridized carbons (Fsp3) is 0.286. The van der Waals surface area contributed by atoms with E-state index in [4.69, 9.17) is 17.3 Å². The zero-order valence-corrected chi connectivity index (χ0v) is 15.7. The Labute approximate surface area is 145 Å². The molecule has 1 aromatic heterocycles. The van der Waals surface area contributed by atoms with Gasteiger partial charge in [-0.3, -0.25) is 4.90 Å². The smallest absolute Gasteiger partial charge is 0.107 e. The van der Waals surface area contributed by atoms with Crippen LogP contribution in [0.15, 0.2) is 39.3 Å². The first-order valence-corrected chi connectivity index (χ1v) is 8.89. The number of nitrogens with two attached hydrogens (primary N) is 1. The Kier molecular flexibility index (Phi) is 6.08. The third-order valence-corrected chi connectivity index (χ3v) is 6.48. The van der Waals surface area contributed by atoms with Crippen LogP contribution in [0.5, 0.6) is 0 Å². The van der Waals surface area contributed by atoms with Crippen LogP contribution in [0.25, 0.3) is 0 Å². The van der Waals surface area contributed by atoms with Crippen molar-refractivity contribution in [2.24, 2.45) is 5.73 Å². The summed E-state index contributed by atoms with van der Waals surface area (Å²) in [7, 11) is 2.08.